The number of para-hydroxylation sites is 1. The van der Waals surface area contributed by atoms with E-state index in [4.69, 9.17) is 21.4 Å². The SMILES string of the molecule is Cc1ccc(COc2ccccc2/C=C/C(=O)O)c(Cl)c1. The molecule has 0 saturated heterocycles. The molecule has 21 heavy (non-hydrogen) atoms. The molecule has 3 nitrogen and oxygen atoms in total. The van der Waals surface area contributed by atoms with E-state index in [1.54, 1.807) is 12.1 Å². The molecule has 2 aromatic carbocycles. The molecule has 108 valence electrons. The lowest BCUT2D eigenvalue weighted by Gasteiger charge is -2.10. The average Bonchev–Trinajstić information content (AvgIpc) is 2.45. The number of benzene rings is 2. The predicted octanol–water partition coefficient (Wildman–Crippen LogP) is 4.33. The minimum atomic E-state index is -0.994. The second-order valence-electron chi connectivity index (χ2n) is 4.59. The van der Waals surface area contributed by atoms with E-state index in [9.17, 15) is 4.79 Å². The van der Waals surface area contributed by atoms with Crippen molar-refractivity contribution in [2.24, 2.45) is 0 Å². The molecule has 0 heterocycles. The lowest BCUT2D eigenvalue weighted by molar-refractivity contribution is -0.131. The monoisotopic (exact) mass is 302 g/mol. The zero-order valence-electron chi connectivity index (χ0n) is 11.5. The Balaban J connectivity index is 2.14. The summed E-state index contributed by atoms with van der Waals surface area (Å²) in [5.41, 5.74) is 2.69. The molecule has 0 fully saturated rings. The van der Waals surface area contributed by atoms with Crippen molar-refractivity contribution in [2.75, 3.05) is 0 Å². The van der Waals surface area contributed by atoms with Crippen LogP contribution in [0.5, 0.6) is 5.75 Å². The molecular formula is C17H15ClO3. The van der Waals surface area contributed by atoms with Gasteiger partial charge in [0.05, 0.1) is 0 Å². The Morgan fingerprint density at radius 2 is 2.05 bits per heavy atom. The number of hydrogen-bond donors (Lipinski definition) is 1. The lowest BCUT2D eigenvalue weighted by Crippen LogP contribution is -1.98. The quantitative estimate of drug-likeness (QED) is 0.836. The maximum atomic E-state index is 10.6. The van der Waals surface area contributed by atoms with Gasteiger partial charge in [-0.15, -0.1) is 0 Å². The van der Waals surface area contributed by atoms with Crippen LogP contribution in [0, 0.1) is 6.92 Å². The molecule has 0 bridgehead atoms. The average molecular weight is 303 g/mol. The molecule has 2 rings (SSSR count). The predicted molar refractivity (Wildman–Crippen MR) is 83.6 cm³/mol. The minimum Gasteiger partial charge on any atom is -0.488 e. The first-order valence-corrected chi connectivity index (χ1v) is 6.82. The molecule has 0 unspecified atom stereocenters. The molecule has 0 aromatic heterocycles. The number of aryl methyl sites for hydroxylation is 1. The Labute approximate surface area is 128 Å². The number of aliphatic carboxylic acids is 1. The summed E-state index contributed by atoms with van der Waals surface area (Å²) in [6.45, 7) is 2.31. The number of carboxylic acids is 1. The molecule has 0 aliphatic carbocycles. The molecule has 0 atom stereocenters. The van der Waals surface area contributed by atoms with Crippen molar-refractivity contribution in [1.29, 1.82) is 0 Å². The van der Waals surface area contributed by atoms with E-state index in [1.807, 2.05) is 37.3 Å². The first-order chi connectivity index (χ1) is 10.1. The zero-order valence-corrected chi connectivity index (χ0v) is 12.3. The zero-order chi connectivity index (χ0) is 15.2. The highest BCUT2D eigenvalue weighted by atomic mass is 35.5. The lowest BCUT2D eigenvalue weighted by atomic mass is 10.1. The van der Waals surface area contributed by atoms with Gasteiger partial charge in [-0.1, -0.05) is 41.9 Å². The second-order valence-corrected chi connectivity index (χ2v) is 5.00. The maximum absolute atomic E-state index is 10.6. The summed E-state index contributed by atoms with van der Waals surface area (Å²) >= 11 is 6.17. The standard InChI is InChI=1S/C17H15ClO3/c1-12-6-7-14(15(18)10-12)11-21-16-5-3-2-4-13(16)8-9-17(19)20/h2-10H,11H2,1H3,(H,19,20)/b9-8+. The van der Waals surface area contributed by atoms with Crippen LogP contribution in [0.15, 0.2) is 48.5 Å². The van der Waals surface area contributed by atoms with Gasteiger partial charge in [-0.2, -0.15) is 0 Å². The topological polar surface area (TPSA) is 46.5 Å². The van der Waals surface area contributed by atoms with Gasteiger partial charge in [0, 0.05) is 22.2 Å². The van der Waals surface area contributed by atoms with Crippen LogP contribution in [-0.4, -0.2) is 11.1 Å². The minimum absolute atomic E-state index is 0.330. The highest BCUT2D eigenvalue weighted by Crippen LogP contribution is 2.23. The molecule has 1 N–H and O–H groups in total. The molecule has 4 heteroatoms. The van der Waals surface area contributed by atoms with Gasteiger partial charge in [-0.3, -0.25) is 0 Å². The van der Waals surface area contributed by atoms with Gasteiger partial charge in [0.1, 0.15) is 12.4 Å². The van der Waals surface area contributed by atoms with Gasteiger partial charge in [0.15, 0.2) is 0 Å². The number of halogens is 1. The fourth-order valence-corrected chi connectivity index (χ4v) is 2.13. The Hall–Kier alpha value is -2.26. The normalized spacial score (nSPS) is 10.8. The largest absolute Gasteiger partial charge is 0.488 e. The molecule has 0 radical (unpaired) electrons. The molecule has 2 aromatic rings. The van der Waals surface area contributed by atoms with Crippen LogP contribution in [0.2, 0.25) is 5.02 Å². The summed E-state index contributed by atoms with van der Waals surface area (Å²) < 4.78 is 5.75. The molecule has 0 spiro atoms. The Morgan fingerprint density at radius 3 is 2.76 bits per heavy atom. The van der Waals surface area contributed by atoms with Crippen LogP contribution in [0.25, 0.3) is 6.08 Å². The van der Waals surface area contributed by atoms with Crippen molar-refractivity contribution < 1.29 is 14.6 Å². The maximum Gasteiger partial charge on any atom is 0.328 e. The third-order valence-electron chi connectivity index (χ3n) is 2.92. The van der Waals surface area contributed by atoms with Gasteiger partial charge in [0.2, 0.25) is 0 Å². The van der Waals surface area contributed by atoms with E-state index in [-0.39, 0.29) is 0 Å². The molecule has 0 aliphatic heterocycles. The Kier molecular flexibility index (Phi) is 5.01. The third-order valence-corrected chi connectivity index (χ3v) is 3.27. The summed E-state index contributed by atoms with van der Waals surface area (Å²) in [5.74, 6) is -0.377. The molecule has 0 amide bonds. The summed E-state index contributed by atoms with van der Waals surface area (Å²) in [4.78, 5) is 10.6. The van der Waals surface area contributed by atoms with Crippen molar-refractivity contribution in [3.05, 3.63) is 70.3 Å². The summed E-state index contributed by atoms with van der Waals surface area (Å²) in [5, 5.41) is 9.35. The summed E-state index contributed by atoms with van der Waals surface area (Å²) in [6, 6.07) is 13.0. The first kappa shape index (κ1) is 15.1. The Bertz CT molecular complexity index is 677. The number of carbonyl (C=O) groups is 1. The van der Waals surface area contributed by atoms with Gasteiger partial charge in [0.25, 0.3) is 0 Å². The molecular weight excluding hydrogens is 288 g/mol. The van der Waals surface area contributed by atoms with E-state index in [2.05, 4.69) is 0 Å². The van der Waals surface area contributed by atoms with E-state index in [0.29, 0.717) is 22.9 Å². The van der Waals surface area contributed by atoms with Crippen LogP contribution >= 0.6 is 11.6 Å². The van der Waals surface area contributed by atoms with Gasteiger partial charge in [-0.05, 0) is 30.7 Å². The van der Waals surface area contributed by atoms with Crippen molar-refractivity contribution in [3.8, 4) is 5.75 Å². The van der Waals surface area contributed by atoms with E-state index < -0.39 is 5.97 Å². The van der Waals surface area contributed by atoms with Gasteiger partial charge in [-0.25, -0.2) is 4.79 Å². The number of ether oxygens (including phenoxy) is 1. The van der Waals surface area contributed by atoms with Crippen molar-refractivity contribution >= 4 is 23.6 Å². The fourth-order valence-electron chi connectivity index (χ4n) is 1.84. The first-order valence-electron chi connectivity index (χ1n) is 6.44. The van der Waals surface area contributed by atoms with E-state index >= 15 is 0 Å². The van der Waals surface area contributed by atoms with Crippen molar-refractivity contribution in [3.63, 3.8) is 0 Å². The number of rotatable bonds is 5. The summed E-state index contributed by atoms with van der Waals surface area (Å²) in [7, 11) is 0. The van der Waals surface area contributed by atoms with Gasteiger partial charge < -0.3 is 9.84 Å². The molecule has 0 saturated carbocycles. The van der Waals surface area contributed by atoms with Gasteiger partial charge >= 0.3 is 5.97 Å². The van der Waals surface area contributed by atoms with Crippen LogP contribution in [0.1, 0.15) is 16.7 Å². The smallest absolute Gasteiger partial charge is 0.328 e. The second kappa shape index (κ2) is 6.95. The number of carboxylic acid groups (broad SMARTS) is 1. The highest BCUT2D eigenvalue weighted by Gasteiger charge is 2.04. The summed E-state index contributed by atoms with van der Waals surface area (Å²) in [6.07, 6.45) is 2.59. The molecule has 0 aliphatic rings. The van der Waals surface area contributed by atoms with Crippen molar-refractivity contribution in [2.45, 2.75) is 13.5 Å². The van der Waals surface area contributed by atoms with Crippen LogP contribution in [-0.2, 0) is 11.4 Å². The number of hydrogen-bond acceptors (Lipinski definition) is 2. The highest BCUT2D eigenvalue weighted by molar-refractivity contribution is 6.31. The Morgan fingerprint density at radius 1 is 1.29 bits per heavy atom. The fraction of sp³-hybridized carbons (Fsp3) is 0.118. The van der Waals surface area contributed by atoms with Crippen LogP contribution in [0.4, 0.5) is 0 Å². The van der Waals surface area contributed by atoms with Crippen molar-refractivity contribution in [1.82, 2.24) is 0 Å². The van der Waals surface area contributed by atoms with E-state index in [0.717, 1.165) is 17.2 Å². The van der Waals surface area contributed by atoms with E-state index in [1.165, 1.54) is 6.08 Å². The van der Waals surface area contributed by atoms with Crippen LogP contribution < -0.4 is 4.74 Å². The van der Waals surface area contributed by atoms with Crippen LogP contribution in [0.3, 0.4) is 0 Å². The third kappa shape index (κ3) is 4.36.